The molecule has 1 unspecified atom stereocenters. The number of benzene rings is 1. The van der Waals surface area contributed by atoms with Crippen LogP contribution in [0.25, 0.3) is 0 Å². The van der Waals surface area contributed by atoms with Crippen LogP contribution in [0.1, 0.15) is 23.0 Å². The molecule has 1 atom stereocenters. The van der Waals surface area contributed by atoms with E-state index in [2.05, 4.69) is 5.10 Å². The molecule has 2 rings (SSSR count). The summed E-state index contributed by atoms with van der Waals surface area (Å²) in [5.74, 6) is 0. The Morgan fingerprint density at radius 3 is 2.45 bits per heavy atom. The average molecular weight is 291 g/mol. The lowest BCUT2D eigenvalue weighted by molar-refractivity contribution is -0.484. The van der Waals surface area contributed by atoms with Gasteiger partial charge in [0.2, 0.25) is 6.54 Å². The third-order valence-electron chi connectivity index (χ3n) is 3.16. The van der Waals surface area contributed by atoms with Crippen LogP contribution in [0.2, 0.25) is 0 Å². The summed E-state index contributed by atoms with van der Waals surface area (Å²) in [6, 6.07) is 9.42. The maximum absolute atomic E-state index is 11.0. The second kappa shape index (κ2) is 6.09. The largest absolute Gasteiger partial charge is 0.264 e. The fraction of sp³-hybridized carbons (Fsp3) is 0.357. The van der Waals surface area contributed by atoms with Crippen molar-refractivity contribution in [1.29, 1.82) is 0 Å². The van der Waals surface area contributed by atoms with Gasteiger partial charge in [-0.15, -0.1) is 11.8 Å². The smallest absolute Gasteiger partial charge is 0.230 e. The minimum atomic E-state index is -0.366. The standard InChI is InChI=1S/C14H17N3O2S/c1-10-8-11(2)17(15-10)14(9-16(18)19)12-4-6-13(20-3)7-5-12/h4-8,14H,9H2,1-3H3. The van der Waals surface area contributed by atoms with Crippen molar-refractivity contribution >= 4 is 11.8 Å². The first-order valence-electron chi connectivity index (χ1n) is 6.29. The minimum Gasteiger partial charge on any atom is -0.264 e. The van der Waals surface area contributed by atoms with Crippen LogP contribution in [0.3, 0.4) is 0 Å². The van der Waals surface area contributed by atoms with E-state index in [1.807, 2.05) is 50.4 Å². The summed E-state index contributed by atoms with van der Waals surface area (Å²) in [5, 5.41) is 15.3. The van der Waals surface area contributed by atoms with Gasteiger partial charge in [-0.05, 0) is 43.9 Å². The molecule has 20 heavy (non-hydrogen) atoms. The quantitative estimate of drug-likeness (QED) is 0.482. The molecule has 0 saturated carbocycles. The highest BCUT2D eigenvalue weighted by Crippen LogP contribution is 2.23. The Morgan fingerprint density at radius 2 is 2.00 bits per heavy atom. The van der Waals surface area contributed by atoms with Gasteiger partial charge in [-0.25, -0.2) is 0 Å². The summed E-state index contributed by atoms with van der Waals surface area (Å²) >= 11 is 1.65. The van der Waals surface area contributed by atoms with Crippen LogP contribution in [0, 0.1) is 24.0 Å². The summed E-state index contributed by atoms with van der Waals surface area (Å²) in [6.45, 7) is 3.65. The fourth-order valence-electron chi connectivity index (χ4n) is 2.25. The number of nitro groups is 1. The highest BCUT2D eigenvalue weighted by atomic mass is 32.2. The molecule has 2 aromatic rings. The molecule has 6 heteroatoms. The van der Waals surface area contributed by atoms with Crippen LogP contribution in [-0.4, -0.2) is 27.5 Å². The van der Waals surface area contributed by atoms with Crippen molar-refractivity contribution in [3.05, 3.63) is 57.4 Å². The highest BCUT2D eigenvalue weighted by molar-refractivity contribution is 7.98. The Balaban J connectivity index is 2.40. The average Bonchev–Trinajstić information content (AvgIpc) is 2.75. The van der Waals surface area contributed by atoms with Gasteiger partial charge < -0.3 is 0 Å². The van der Waals surface area contributed by atoms with Gasteiger partial charge in [0, 0.05) is 15.5 Å². The molecule has 106 valence electrons. The van der Waals surface area contributed by atoms with Crippen LogP contribution >= 0.6 is 11.8 Å². The second-order valence-corrected chi connectivity index (χ2v) is 5.56. The Hall–Kier alpha value is -1.82. The van der Waals surface area contributed by atoms with Crippen molar-refractivity contribution in [3.63, 3.8) is 0 Å². The maximum atomic E-state index is 11.0. The zero-order valence-electron chi connectivity index (χ0n) is 11.7. The molecule has 0 radical (unpaired) electrons. The molecular formula is C14H17N3O2S. The predicted octanol–water partition coefficient (Wildman–Crippen LogP) is 3.09. The van der Waals surface area contributed by atoms with Crippen molar-refractivity contribution in [2.45, 2.75) is 24.8 Å². The molecule has 0 fully saturated rings. The van der Waals surface area contributed by atoms with Crippen molar-refractivity contribution in [2.75, 3.05) is 12.8 Å². The summed E-state index contributed by atoms with van der Waals surface area (Å²) in [4.78, 5) is 11.8. The molecule has 0 N–H and O–H groups in total. The van der Waals surface area contributed by atoms with E-state index in [4.69, 9.17) is 0 Å². The van der Waals surface area contributed by atoms with E-state index in [1.165, 1.54) is 0 Å². The lowest BCUT2D eigenvalue weighted by Gasteiger charge is -2.16. The zero-order chi connectivity index (χ0) is 14.7. The second-order valence-electron chi connectivity index (χ2n) is 4.68. The number of aromatic nitrogens is 2. The number of rotatable bonds is 5. The molecule has 1 heterocycles. The van der Waals surface area contributed by atoms with Crippen molar-refractivity contribution in [2.24, 2.45) is 0 Å². The molecule has 5 nitrogen and oxygen atoms in total. The third-order valence-corrected chi connectivity index (χ3v) is 3.91. The fourth-order valence-corrected chi connectivity index (χ4v) is 2.66. The highest BCUT2D eigenvalue weighted by Gasteiger charge is 2.22. The molecule has 0 saturated heterocycles. The Morgan fingerprint density at radius 1 is 1.35 bits per heavy atom. The van der Waals surface area contributed by atoms with Crippen LogP contribution in [0.15, 0.2) is 35.2 Å². The molecule has 0 aliphatic rings. The molecule has 0 spiro atoms. The van der Waals surface area contributed by atoms with Gasteiger partial charge in [-0.2, -0.15) is 5.10 Å². The van der Waals surface area contributed by atoms with Crippen LogP contribution in [0.5, 0.6) is 0 Å². The molecular weight excluding hydrogens is 274 g/mol. The summed E-state index contributed by atoms with van der Waals surface area (Å²) < 4.78 is 1.74. The molecule has 0 aliphatic heterocycles. The topological polar surface area (TPSA) is 61.0 Å². The lowest BCUT2D eigenvalue weighted by atomic mass is 10.1. The van der Waals surface area contributed by atoms with E-state index in [9.17, 15) is 10.1 Å². The molecule has 0 bridgehead atoms. The monoisotopic (exact) mass is 291 g/mol. The van der Waals surface area contributed by atoms with Gasteiger partial charge in [0.15, 0.2) is 0 Å². The van der Waals surface area contributed by atoms with Gasteiger partial charge in [0.25, 0.3) is 0 Å². The van der Waals surface area contributed by atoms with Crippen LogP contribution in [0.4, 0.5) is 0 Å². The number of aryl methyl sites for hydroxylation is 2. The number of nitrogens with zero attached hydrogens (tertiary/aromatic N) is 3. The van der Waals surface area contributed by atoms with Gasteiger partial charge in [-0.3, -0.25) is 14.8 Å². The Bertz CT molecular complexity index is 607. The van der Waals surface area contributed by atoms with Gasteiger partial charge >= 0.3 is 0 Å². The molecule has 1 aromatic heterocycles. The van der Waals surface area contributed by atoms with E-state index in [1.54, 1.807) is 16.4 Å². The summed E-state index contributed by atoms with van der Waals surface area (Å²) in [5.41, 5.74) is 2.71. The van der Waals surface area contributed by atoms with Crippen LogP contribution in [-0.2, 0) is 0 Å². The maximum Gasteiger partial charge on any atom is 0.230 e. The Labute approximate surface area is 122 Å². The van der Waals surface area contributed by atoms with E-state index in [-0.39, 0.29) is 17.5 Å². The van der Waals surface area contributed by atoms with Crippen LogP contribution < -0.4 is 0 Å². The molecule has 0 amide bonds. The van der Waals surface area contributed by atoms with Crippen molar-refractivity contribution in [3.8, 4) is 0 Å². The number of thioether (sulfide) groups is 1. The van der Waals surface area contributed by atoms with E-state index in [0.29, 0.717) is 0 Å². The lowest BCUT2D eigenvalue weighted by Crippen LogP contribution is -2.22. The van der Waals surface area contributed by atoms with Crippen molar-refractivity contribution in [1.82, 2.24) is 9.78 Å². The SMILES string of the molecule is CSc1ccc(C(C[N+](=O)[O-])n2nc(C)cc2C)cc1. The van der Waals surface area contributed by atoms with Gasteiger partial charge in [-0.1, -0.05) is 12.1 Å². The van der Waals surface area contributed by atoms with E-state index >= 15 is 0 Å². The first-order chi connectivity index (χ1) is 9.51. The predicted molar refractivity (Wildman–Crippen MR) is 79.9 cm³/mol. The molecule has 0 aliphatic carbocycles. The molecule has 1 aromatic carbocycles. The summed E-state index contributed by atoms with van der Waals surface area (Å²) in [6.07, 6.45) is 2.00. The zero-order valence-corrected chi connectivity index (χ0v) is 12.6. The van der Waals surface area contributed by atoms with Gasteiger partial charge in [0.05, 0.1) is 5.69 Å². The normalized spacial score (nSPS) is 12.3. The van der Waals surface area contributed by atoms with E-state index in [0.717, 1.165) is 21.8 Å². The first kappa shape index (κ1) is 14.6. The number of hydrogen-bond acceptors (Lipinski definition) is 4. The Kier molecular flexibility index (Phi) is 4.44. The third kappa shape index (κ3) is 3.19. The first-order valence-corrected chi connectivity index (χ1v) is 7.52. The van der Waals surface area contributed by atoms with Gasteiger partial charge in [0.1, 0.15) is 6.04 Å². The van der Waals surface area contributed by atoms with E-state index < -0.39 is 0 Å². The minimum absolute atomic E-state index is 0.166. The number of hydrogen-bond donors (Lipinski definition) is 0. The summed E-state index contributed by atoms with van der Waals surface area (Å²) in [7, 11) is 0. The van der Waals surface area contributed by atoms with Crippen molar-refractivity contribution < 1.29 is 4.92 Å².